The van der Waals surface area contributed by atoms with Crippen molar-refractivity contribution in [3.05, 3.63) is 101 Å². The minimum atomic E-state index is -0.635. The standard InChI is InChI=1S/C26H24N2O3S/c1-18(29)20-11-7-12-22(14-20)27-25(30)24(17-32-16-19-8-3-2-4-9-19)28-15-21-10-5-6-13-23(21)26(28)31/h2-14,24H,15-17H2,1H3,(H,27,30)/t24-/m0/s1. The second-order valence-corrected chi connectivity index (χ2v) is 8.76. The molecule has 32 heavy (non-hydrogen) atoms. The Bertz CT molecular complexity index is 1150. The van der Waals surface area contributed by atoms with Gasteiger partial charge in [-0.15, -0.1) is 0 Å². The average Bonchev–Trinajstić information content (AvgIpc) is 3.14. The fraction of sp³-hybridized carbons (Fsp3) is 0.192. The molecule has 0 radical (unpaired) electrons. The number of hydrogen-bond donors (Lipinski definition) is 1. The Morgan fingerprint density at radius 1 is 1.00 bits per heavy atom. The van der Waals surface area contributed by atoms with Gasteiger partial charge in [-0.25, -0.2) is 0 Å². The maximum atomic E-state index is 13.3. The highest BCUT2D eigenvalue weighted by molar-refractivity contribution is 7.98. The van der Waals surface area contributed by atoms with Crippen molar-refractivity contribution in [3.63, 3.8) is 0 Å². The highest BCUT2D eigenvalue weighted by Gasteiger charge is 2.36. The Labute approximate surface area is 191 Å². The molecule has 0 fully saturated rings. The van der Waals surface area contributed by atoms with E-state index in [4.69, 9.17) is 0 Å². The summed E-state index contributed by atoms with van der Waals surface area (Å²) in [6, 6.07) is 23.8. The third kappa shape index (κ3) is 4.92. The Morgan fingerprint density at radius 3 is 2.50 bits per heavy atom. The van der Waals surface area contributed by atoms with Crippen LogP contribution in [0.5, 0.6) is 0 Å². The van der Waals surface area contributed by atoms with Gasteiger partial charge in [-0.1, -0.05) is 60.7 Å². The van der Waals surface area contributed by atoms with Crippen LogP contribution in [0, 0.1) is 0 Å². The van der Waals surface area contributed by atoms with E-state index in [1.165, 1.54) is 12.5 Å². The Balaban J connectivity index is 1.53. The van der Waals surface area contributed by atoms with E-state index in [-0.39, 0.29) is 17.6 Å². The van der Waals surface area contributed by atoms with Crippen molar-refractivity contribution < 1.29 is 14.4 Å². The molecule has 1 aliphatic rings. The van der Waals surface area contributed by atoms with Gasteiger partial charge < -0.3 is 10.2 Å². The summed E-state index contributed by atoms with van der Waals surface area (Å²) in [4.78, 5) is 39.7. The predicted molar refractivity (Wildman–Crippen MR) is 128 cm³/mol. The predicted octanol–water partition coefficient (Wildman–Crippen LogP) is 4.79. The molecule has 0 saturated carbocycles. The lowest BCUT2D eigenvalue weighted by molar-refractivity contribution is -0.119. The maximum absolute atomic E-state index is 13.3. The summed E-state index contributed by atoms with van der Waals surface area (Å²) in [5, 5.41) is 2.91. The molecule has 3 aromatic carbocycles. The van der Waals surface area contributed by atoms with Crippen LogP contribution < -0.4 is 5.32 Å². The Morgan fingerprint density at radius 2 is 1.75 bits per heavy atom. The molecule has 0 aliphatic carbocycles. The molecule has 3 aromatic rings. The van der Waals surface area contributed by atoms with Gasteiger partial charge in [0.1, 0.15) is 6.04 Å². The zero-order valence-corrected chi connectivity index (χ0v) is 18.6. The lowest BCUT2D eigenvalue weighted by Gasteiger charge is -2.27. The van der Waals surface area contributed by atoms with E-state index < -0.39 is 6.04 Å². The summed E-state index contributed by atoms with van der Waals surface area (Å²) < 4.78 is 0. The molecule has 5 nitrogen and oxygen atoms in total. The highest BCUT2D eigenvalue weighted by atomic mass is 32.2. The summed E-state index contributed by atoms with van der Waals surface area (Å²) in [5.41, 5.74) is 3.83. The normalized spacial score (nSPS) is 13.5. The number of ketones is 1. The van der Waals surface area contributed by atoms with E-state index in [2.05, 4.69) is 5.32 Å². The number of carbonyl (C=O) groups excluding carboxylic acids is 3. The average molecular weight is 445 g/mol. The van der Waals surface area contributed by atoms with Crippen LogP contribution in [0.1, 0.15) is 38.8 Å². The molecule has 1 aliphatic heterocycles. The van der Waals surface area contributed by atoms with Crippen LogP contribution in [0.15, 0.2) is 78.9 Å². The third-order valence-electron chi connectivity index (χ3n) is 5.45. The summed E-state index contributed by atoms with van der Waals surface area (Å²) >= 11 is 1.62. The molecule has 162 valence electrons. The molecule has 0 saturated heterocycles. The number of carbonyl (C=O) groups is 3. The van der Waals surface area contributed by atoms with Crippen LogP contribution in [0.25, 0.3) is 0 Å². The van der Waals surface area contributed by atoms with Crippen LogP contribution in [-0.4, -0.2) is 34.3 Å². The Kier molecular flexibility index (Phi) is 6.71. The molecule has 6 heteroatoms. The second-order valence-electron chi connectivity index (χ2n) is 7.73. The third-order valence-corrected chi connectivity index (χ3v) is 6.54. The minimum Gasteiger partial charge on any atom is -0.324 e. The molecule has 4 rings (SSSR count). The lowest BCUT2D eigenvalue weighted by Crippen LogP contribution is -2.46. The summed E-state index contributed by atoms with van der Waals surface area (Å²) in [6.07, 6.45) is 0. The number of amides is 2. The van der Waals surface area contributed by atoms with Gasteiger partial charge in [0.2, 0.25) is 5.91 Å². The second kappa shape index (κ2) is 9.83. The fourth-order valence-electron chi connectivity index (χ4n) is 3.74. The molecule has 2 amide bonds. The first-order valence-corrected chi connectivity index (χ1v) is 11.6. The van der Waals surface area contributed by atoms with E-state index >= 15 is 0 Å². The van der Waals surface area contributed by atoms with Gasteiger partial charge in [0.15, 0.2) is 5.78 Å². The van der Waals surface area contributed by atoms with E-state index in [0.717, 1.165) is 11.3 Å². The SMILES string of the molecule is CC(=O)c1cccc(NC(=O)[C@H](CSCc2ccccc2)N2Cc3ccccc3C2=O)c1. The Hall–Kier alpha value is -3.38. The minimum absolute atomic E-state index is 0.0683. The van der Waals surface area contributed by atoms with Crippen molar-refractivity contribution >= 4 is 35.0 Å². The number of anilines is 1. The molecule has 0 unspecified atom stereocenters. The first kappa shape index (κ1) is 21.8. The van der Waals surface area contributed by atoms with Crippen LogP contribution >= 0.6 is 11.8 Å². The topological polar surface area (TPSA) is 66.5 Å². The molecule has 0 spiro atoms. The molecular formula is C26H24N2O3S. The first-order chi connectivity index (χ1) is 15.5. The zero-order chi connectivity index (χ0) is 22.5. The van der Waals surface area contributed by atoms with Crippen molar-refractivity contribution in [2.75, 3.05) is 11.1 Å². The summed E-state index contributed by atoms with van der Waals surface area (Å²) in [5.74, 6) is 0.763. The molecule has 1 heterocycles. The van der Waals surface area contributed by atoms with Gasteiger partial charge in [0, 0.05) is 34.9 Å². The summed E-state index contributed by atoms with van der Waals surface area (Å²) in [6.45, 7) is 1.90. The maximum Gasteiger partial charge on any atom is 0.255 e. The van der Waals surface area contributed by atoms with E-state index in [1.807, 2.05) is 48.5 Å². The van der Waals surface area contributed by atoms with Crippen molar-refractivity contribution in [1.82, 2.24) is 4.90 Å². The van der Waals surface area contributed by atoms with Crippen molar-refractivity contribution in [3.8, 4) is 0 Å². The number of hydrogen-bond acceptors (Lipinski definition) is 4. The number of benzene rings is 3. The lowest BCUT2D eigenvalue weighted by atomic mass is 10.1. The first-order valence-electron chi connectivity index (χ1n) is 10.5. The van der Waals surface area contributed by atoms with Crippen molar-refractivity contribution in [2.24, 2.45) is 0 Å². The monoisotopic (exact) mass is 444 g/mol. The van der Waals surface area contributed by atoms with Crippen LogP contribution in [-0.2, 0) is 17.1 Å². The van der Waals surface area contributed by atoms with Gasteiger partial charge in [0.25, 0.3) is 5.91 Å². The van der Waals surface area contributed by atoms with E-state index in [1.54, 1.807) is 47.0 Å². The molecular weight excluding hydrogens is 420 g/mol. The van der Waals surface area contributed by atoms with Gasteiger partial charge in [-0.2, -0.15) is 11.8 Å². The number of nitrogens with one attached hydrogen (secondary N) is 1. The summed E-state index contributed by atoms with van der Waals surface area (Å²) in [7, 11) is 0. The molecule has 0 aromatic heterocycles. The number of thioether (sulfide) groups is 1. The van der Waals surface area contributed by atoms with Crippen LogP contribution in [0.3, 0.4) is 0 Å². The van der Waals surface area contributed by atoms with Gasteiger partial charge in [-0.3, -0.25) is 14.4 Å². The molecule has 1 atom stereocenters. The van der Waals surface area contributed by atoms with E-state index in [9.17, 15) is 14.4 Å². The fourth-order valence-corrected chi connectivity index (χ4v) is 4.84. The molecule has 1 N–H and O–H groups in total. The van der Waals surface area contributed by atoms with Gasteiger partial charge in [0.05, 0.1) is 0 Å². The van der Waals surface area contributed by atoms with Crippen LogP contribution in [0.2, 0.25) is 0 Å². The van der Waals surface area contributed by atoms with Crippen molar-refractivity contribution in [1.29, 1.82) is 0 Å². The number of nitrogens with zero attached hydrogens (tertiary/aromatic N) is 1. The smallest absolute Gasteiger partial charge is 0.255 e. The quantitative estimate of drug-likeness (QED) is 0.508. The van der Waals surface area contributed by atoms with Crippen molar-refractivity contribution in [2.45, 2.75) is 25.3 Å². The highest BCUT2D eigenvalue weighted by Crippen LogP contribution is 2.27. The largest absolute Gasteiger partial charge is 0.324 e. The van der Waals surface area contributed by atoms with Gasteiger partial charge in [-0.05, 0) is 36.2 Å². The molecule has 0 bridgehead atoms. The number of fused-ring (bicyclic) bond motifs is 1. The van der Waals surface area contributed by atoms with E-state index in [0.29, 0.717) is 29.1 Å². The van der Waals surface area contributed by atoms with Gasteiger partial charge >= 0.3 is 0 Å². The number of Topliss-reactive ketones (excluding diaryl/α,β-unsaturated/α-hetero) is 1. The van der Waals surface area contributed by atoms with Crippen LogP contribution in [0.4, 0.5) is 5.69 Å². The number of rotatable bonds is 8. The zero-order valence-electron chi connectivity index (χ0n) is 17.8.